The molecule has 0 radical (unpaired) electrons. The molecular weight excluding hydrogens is 224 g/mol. The summed E-state index contributed by atoms with van der Waals surface area (Å²) in [5.74, 6) is 3.68. The molecule has 98 valence electrons. The number of ether oxygens (including phenoxy) is 1. The van der Waals surface area contributed by atoms with Crippen molar-refractivity contribution < 1.29 is 4.74 Å². The highest BCUT2D eigenvalue weighted by Gasteiger charge is 2.38. The summed E-state index contributed by atoms with van der Waals surface area (Å²) >= 11 is 0. The van der Waals surface area contributed by atoms with E-state index in [9.17, 15) is 0 Å². The van der Waals surface area contributed by atoms with Crippen LogP contribution in [-0.4, -0.2) is 18.6 Å². The second-order valence-corrected chi connectivity index (χ2v) is 5.77. The van der Waals surface area contributed by atoms with E-state index in [0.29, 0.717) is 5.88 Å². The maximum atomic E-state index is 5.14. The lowest BCUT2D eigenvalue weighted by Gasteiger charge is -2.21. The van der Waals surface area contributed by atoms with Crippen LogP contribution in [0.3, 0.4) is 0 Å². The molecule has 2 bridgehead atoms. The summed E-state index contributed by atoms with van der Waals surface area (Å²) < 4.78 is 5.14. The van der Waals surface area contributed by atoms with Crippen molar-refractivity contribution in [3.63, 3.8) is 0 Å². The Bertz CT molecular complexity index is 407. The third-order valence-corrected chi connectivity index (χ3v) is 4.63. The molecule has 1 aromatic rings. The first kappa shape index (κ1) is 12.0. The van der Waals surface area contributed by atoms with Crippen LogP contribution in [0.1, 0.15) is 31.2 Å². The molecular formula is C15H22N2O. The minimum Gasteiger partial charge on any atom is -0.481 e. The van der Waals surface area contributed by atoms with E-state index in [1.807, 2.05) is 12.3 Å². The summed E-state index contributed by atoms with van der Waals surface area (Å²) in [6.45, 7) is 2.10. The first-order valence-corrected chi connectivity index (χ1v) is 7.05. The van der Waals surface area contributed by atoms with Gasteiger partial charge in [-0.05, 0) is 55.2 Å². The number of nitrogens with one attached hydrogen (secondary N) is 1. The molecule has 3 rings (SSSR count). The van der Waals surface area contributed by atoms with Gasteiger partial charge in [0.1, 0.15) is 0 Å². The summed E-state index contributed by atoms with van der Waals surface area (Å²) in [6.07, 6.45) is 7.73. The van der Waals surface area contributed by atoms with E-state index < -0.39 is 0 Å². The molecule has 3 atom stereocenters. The predicted molar refractivity (Wildman–Crippen MR) is 71.4 cm³/mol. The van der Waals surface area contributed by atoms with Gasteiger partial charge < -0.3 is 10.1 Å². The van der Waals surface area contributed by atoms with Crippen molar-refractivity contribution >= 4 is 0 Å². The molecule has 2 fully saturated rings. The number of fused-ring (bicyclic) bond motifs is 2. The van der Waals surface area contributed by atoms with E-state index in [4.69, 9.17) is 4.74 Å². The van der Waals surface area contributed by atoms with Crippen LogP contribution in [0.5, 0.6) is 5.88 Å². The molecule has 0 amide bonds. The number of rotatable bonds is 5. The maximum absolute atomic E-state index is 5.14. The zero-order chi connectivity index (χ0) is 12.4. The molecule has 3 nitrogen and oxygen atoms in total. The number of aromatic nitrogens is 1. The molecule has 2 aliphatic carbocycles. The van der Waals surface area contributed by atoms with Gasteiger partial charge in [-0.15, -0.1) is 0 Å². The maximum Gasteiger partial charge on any atom is 0.213 e. The lowest BCUT2D eigenvalue weighted by atomic mass is 9.89. The average Bonchev–Trinajstić information content (AvgIpc) is 3.01. The van der Waals surface area contributed by atoms with Crippen LogP contribution in [-0.2, 0) is 6.54 Å². The van der Waals surface area contributed by atoms with E-state index in [-0.39, 0.29) is 0 Å². The Balaban J connectivity index is 1.46. The molecule has 0 saturated heterocycles. The SMILES string of the molecule is COc1cc(CNCC2CC3CCC2C3)ccn1. The Labute approximate surface area is 109 Å². The standard InChI is InChI=1S/C15H22N2O/c1-18-15-8-12(4-5-17-15)9-16-10-14-7-11-2-3-13(14)6-11/h4-5,8,11,13-14,16H,2-3,6-7,9-10H2,1H3. The first-order chi connectivity index (χ1) is 8.85. The molecule has 3 unspecified atom stereocenters. The molecule has 3 heteroatoms. The zero-order valence-electron chi connectivity index (χ0n) is 11.1. The normalized spacial score (nSPS) is 29.7. The molecule has 1 N–H and O–H groups in total. The van der Waals surface area contributed by atoms with Gasteiger partial charge in [0.25, 0.3) is 0 Å². The van der Waals surface area contributed by atoms with Gasteiger partial charge in [-0.1, -0.05) is 6.42 Å². The van der Waals surface area contributed by atoms with Crippen LogP contribution in [0.4, 0.5) is 0 Å². The van der Waals surface area contributed by atoms with Crippen molar-refractivity contribution in [3.05, 3.63) is 23.9 Å². The number of hydrogen-bond acceptors (Lipinski definition) is 3. The lowest BCUT2D eigenvalue weighted by molar-refractivity contribution is 0.318. The smallest absolute Gasteiger partial charge is 0.213 e. The van der Waals surface area contributed by atoms with Gasteiger partial charge in [0, 0.05) is 18.8 Å². The molecule has 1 aromatic heterocycles. The second kappa shape index (κ2) is 5.27. The fourth-order valence-electron chi connectivity index (χ4n) is 3.70. The van der Waals surface area contributed by atoms with Crippen molar-refractivity contribution in [2.45, 2.75) is 32.2 Å². The average molecular weight is 246 g/mol. The number of nitrogens with zero attached hydrogens (tertiary/aromatic N) is 1. The van der Waals surface area contributed by atoms with Crippen molar-refractivity contribution in [2.75, 3.05) is 13.7 Å². The molecule has 1 heterocycles. The van der Waals surface area contributed by atoms with Crippen molar-refractivity contribution in [2.24, 2.45) is 17.8 Å². The van der Waals surface area contributed by atoms with Gasteiger partial charge >= 0.3 is 0 Å². The van der Waals surface area contributed by atoms with Crippen molar-refractivity contribution in [1.29, 1.82) is 0 Å². The molecule has 18 heavy (non-hydrogen) atoms. The van der Waals surface area contributed by atoms with Crippen LogP contribution in [0.2, 0.25) is 0 Å². The van der Waals surface area contributed by atoms with E-state index in [2.05, 4.69) is 16.4 Å². The summed E-state index contributed by atoms with van der Waals surface area (Å²) in [4.78, 5) is 4.12. The summed E-state index contributed by atoms with van der Waals surface area (Å²) in [5.41, 5.74) is 1.25. The van der Waals surface area contributed by atoms with Crippen LogP contribution >= 0.6 is 0 Å². The summed E-state index contributed by atoms with van der Waals surface area (Å²) in [7, 11) is 1.66. The van der Waals surface area contributed by atoms with Gasteiger partial charge in [-0.25, -0.2) is 4.98 Å². The Hall–Kier alpha value is -1.09. The highest BCUT2D eigenvalue weighted by Crippen LogP contribution is 2.47. The minimum absolute atomic E-state index is 0.703. The van der Waals surface area contributed by atoms with Gasteiger partial charge in [-0.3, -0.25) is 0 Å². The second-order valence-electron chi connectivity index (χ2n) is 5.77. The lowest BCUT2D eigenvalue weighted by Crippen LogP contribution is -2.26. The van der Waals surface area contributed by atoms with Gasteiger partial charge in [-0.2, -0.15) is 0 Å². The topological polar surface area (TPSA) is 34.1 Å². The monoisotopic (exact) mass is 246 g/mol. The Morgan fingerprint density at radius 3 is 3.06 bits per heavy atom. The number of methoxy groups -OCH3 is 1. The van der Waals surface area contributed by atoms with E-state index >= 15 is 0 Å². The first-order valence-electron chi connectivity index (χ1n) is 7.05. The third-order valence-electron chi connectivity index (χ3n) is 4.63. The fraction of sp³-hybridized carbons (Fsp3) is 0.667. The Morgan fingerprint density at radius 1 is 1.39 bits per heavy atom. The van der Waals surface area contributed by atoms with Gasteiger partial charge in [0.05, 0.1) is 7.11 Å². The van der Waals surface area contributed by atoms with Crippen molar-refractivity contribution in [1.82, 2.24) is 10.3 Å². The van der Waals surface area contributed by atoms with Crippen molar-refractivity contribution in [3.8, 4) is 5.88 Å². The van der Waals surface area contributed by atoms with E-state index in [1.165, 1.54) is 37.8 Å². The minimum atomic E-state index is 0.703. The highest BCUT2D eigenvalue weighted by atomic mass is 16.5. The van der Waals surface area contributed by atoms with Crippen LogP contribution in [0.15, 0.2) is 18.3 Å². The molecule has 0 spiro atoms. The highest BCUT2D eigenvalue weighted by molar-refractivity contribution is 5.20. The number of pyridine rings is 1. The molecule has 0 aliphatic heterocycles. The fourth-order valence-corrected chi connectivity index (χ4v) is 3.70. The predicted octanol–water partition coefficient (Wildman–Crippen LogP) is 2.62. The summed E-state index contributed by atoms with van der Waals surface area (Å²) in [5, 5.41) is 3.60. The van der Waals surface area contributed by atoms with Gasteiger partial charge in [0.2, 0.25) is 5.88 Å². The molecule has 0 aromatic carbocycles. The largest absolute Gasteiger partial charge is 0.481 e. The Morgan fingerprint density at radius 2 is 2.33 bits per heavy atom. The van der Waals surface area contributed by atoms with Crippen LogP contribution < -0.4 is 10.1 Å². The van der Waals surface area contributed by atoms with Gasteiger partial charge in [0.15, 0.2) is 0 Å². The van der Waals surface area contributed by atoms with Crippen LogP contribution in [0, 0.1) is 17.8 Å². The van der Waals surface area contributed by atoms with E-state index in [1.54, 1.807) is 7.11 Å². The summed E-state index contributed by atoms with van der Waals surface area (Å²) in [6, 6.07) is 4.06. The Kier molecular flexibility index (Phi) is 3.50. The van der Waals surface area contributed by atoms with E-state index in [0.717, 1.165) is 24.3 Å². The molecule has 2 aliphatic rings. The molecule has 2 saturated carbocycles. The zero-order valence-corrected chi connectivity index (χ0v) is 11.1. The number of hydrogen-bond donors (Lipinski definition) is 1. The quantitative estimate of drug-likeness (QED) is 0.867. The third kappa shape index (κ3) is 2.51. The van der Waals surface area contributed by atoms with Crippen LogP contribution in [0.25, 0.3) is 0 Å².